The Kier molecular flexibility index (Phi) is 4.16. The second kappa shape index (κ2) is 5.39. The Hall–Kier alpha value is -1.51. The minimum Gasteiger partial charge on any atom is -0.376 e. The molecule has 0 bridgehead atoms. The third kappa shape index (κ3) is 3.62. The molecule has 0 atom stereocenters. The first-order valence-corrected chi connectivity index (χ1v) is 5.16. The van der Waals surface area contributed by atoms with E-state index < -0.39 is 0 Å². The van der Waals surface area contributed by atoms with E-state index in [0.29, 0.717) is 6.54 Å². The fourth-order valence-electron chi connectivity index (χ4n) is 1.24. The lowest BCUT2D eigenvalue weighted by Gasteiger charge is -2.12. The molecule has 0 radical (unpaired) electrons. The second-order valence-electron chi connectivity index (χ2n) is 3.70. The number of aryl methyl sites for hydroxylation is 1. The van der Waals surface area contributed by atoms with E-state index in [1.807, 2.05) is 12.1 Å². The minimum atomic E-state index is 0.0805. The number of anilines is 1. The lowest BCUT2D eigenvalue weighted by atomic mass is 10.1. The number of rotatable bonds is 4. The van der Waals surface area contributed by atoms with Crippen LogP contribution in [0.1, 0.15) is 12.5 Å². The van der Waals surface area contributed by atoms with Crippen LogP contribution in [0.5, 0.6) is 0 Å². The van der Waals surface area contributed by atoms with E-state index in [9.17, 15) is 4.79 Å². The largest absolute Gasteiger partial charge is 0.376 e. The molecule has 0 unspecified atom stereocenters. The number of likely N-dealkylation sites (N-methyl/N-ethyl adjacent to an activating group) is 1. The molecule has 15 heavy (non-hydrogen) atoms. The van der Waals surface area contributed by atoms with Crippen LogP contribution in [-0.2, 0) is 11.2 Å². The molecule has 0 heterocycles. The minimum absolute atomic E-state index is 0.0805. The molecule has 1 rings (SSSR count). The number of amides is 1. The average Bonchev–Trinajstić information content (AvgIpc) is 2.26. The molecular formula is C12H18N2O. The van der Waals surface area contributed by atoms with E-state index in [1.165, 1.54) is 5.56 Å². The van der Waals surface area contributed by atoms with E-state index in [4.69, 9.17) is 0 Å². The van der Waals surface area contributed by atoms with Crippen LogP contribution in [0.15, 0.2) is 24.3 Å². The van der Waals surface area contributed by atoms with Crippen molar-refractivity contribution in [3.8, 4) is 0 Å². The fourth-order valence-corrected chi connectivity index (χ4v) is 1.24. The predicted octanol–water partition coefficient (Wildman–Crippen LogP) is 1.75. The summed E-state index contributed by atoms with van der Waals surface area (Å²) in [6, 6.07) is 8.13. The molecule has 0 aliphatic heterocycles. The average molecular weight is 206 g/mol. The Labute approximate surface area is 91.1 Å². The van der Waals surface area contributed by atoms with Crippen LogP contribution in [-0.4, -0.2) is 31.4 Å². The monoisotopic (exact) mass is 206 g/mol. The van der Waals surface area contributed by atoms with Crippen molar-refractivity contribution in [1.82, 2.24) is 4.90 Å². The van der Waals surface area contributed by atoms with Crippen LogP contribution < -0.4 is 5.32 Å². The highest BCUT2D eigenvalue weighted by molar-refractivity contribution is 5.80. The van der Waals surface area contributed by atoms with Gasteiger partial charge in [-0.2, -0.15) is 0 Å². The first-order valence-electron chi connectivity index (χ1n) is 5.16. The van der Waals surface area contributed by atoms with Gasteiger partial charge >= 0.3 is 0 Å². The molecule has 0 saturated carbocycles. The van der Waals surface area contributed by atoms with Crippen molar-refractivity contribution in [3.05, 3.63) is 29.8 Å². The highest BCUT2D eigenvalue weighted by Crippen LogP contribution is 2.10. The molecule has 0 saturated heterocycles. The van der Waals surface area contributed by atoms with Gasteiger partial charge in [-0.25, -0.2) is 0 Å². The van der Waals surface area contributed by atoms with Crippen molar-refractivity contribution in [2.45, 2.75) is 13.3 Å². The quantitative estimate of drug-likeness (QED) is 0.814. The van der Waals surface area contributed by atoms with Gasteiger partial charge < -0.3 is 10.2 Å². The van der Waals surface area contributed by atoms with E-state index in [-0.39, 0.29) is 5.91 Å². The Morgan fingerprint density at radius 2 is 2.13 bits per heavy atom. The highest BCUT2D eigenvalue weighted by atomic mass is 16.2. The molecule has 3 heteroatoms. The molecule has 0 aliphatic carbocycles. The van der Waals surface area contributed by atoms with Gasteiger partial charge in [0.2, 0.25) is 5.91 Å². The number of carbonyl (C=O) groups is 1. The van der Waals surface area contributed by atoms with Crippen molar-refractivity contribution in [1.29, 1.82) is 0 Å². The van der Waals surface area contributed by atoms with Crippen molar-refractivity contribution in [2.24, 2.45) is 0 Å². The molecular weight excluding hydrogens is 188 g/mol. The molecule has 1 amide bonds. The SMILES string of the molecule is CCc1cccc(NCC(=O)N(C)C)c1. The Balaban J connectivity index is 2.54. The summed E-state index contributed by atoms with van der Waals surface area (Å²) in [4.78, 5) is 12.9. The van der Waals surface area contributed by atoms with Gasteiger partial charge in [-0.15, -0.1) is 0 Å². The number of nitrogens with one attached hydrogen (secondary N) is 1. The zero-order chi connectivity index (χ0) is 11.3. The van der Waals surface area contributed by atoms with Gasteiger partial charge in [0.15, 0.2) is 0 Å². The number of carbonyl (C=O) groups excluding carboxylic acids is 1. The molecule has 0 spiro atoms. The molecule has 82 valence electrons. The number of benzene rings is 1. The van der Waals surface area contributed by atoms with Gasteiger partial charge in [0.05, 0.1) is 6.54 Å². The van der Waals surface area contributed by atoms with E-state index in [0.717, 1.165) is 12.1 Å². The van der Waals surface area contributed by atoms with Crippen LogP contribution in [0.25, 0.3) is 0 Å². The summed E-state index contributed by atoms with van der Waals surface area (Å²) in [5.74, 6) is 0.0805. The molecule has 1 aromatic rings. The Morgan fingerprint density at radius 3 is 2.73 bits per heavy atom. The van der Waals surface area contributed by atoms with Gasteiger partial charge in [-0.3, -0.25) is 4.79 Å². The summed E-state index contributed by atoms with van der Waals surface area (Å²) in [5.41, 5.74) is 2.28. The van der Waals surface area contributed by atoms with Gasteiger partial charge in [-0.1, -0.05) is 19.1 Å². The van der Waals surface area contributed by atoms with E-state index in [2.05, 4.69) is 24.4 Å². The number of hydrogen-bond donors (Lipinski definition) is 1. The number of nitrogens with zero attached hydrogens (tertiary/aromatic N) is 1. The Bertz CT molecular complexity index is 334. The maximum Gasteiger partial charge on any atom is 0.241 e. The normalized spacial score (nSPS) is 9.80. The summed E-state index contributed by atoms with van der Waals surface area (Å²) in [5, 5.41) is 3.11. The zero-order valence-electron chi connectivity index (χ0n) is 9.58. The fraction of sp³-hybridized carbons (Fsp3) is 0.417. The van der Waals surface area contributed by atoms with Crippen LogP contribution in [0, 0.1) is 0 Å². The zero-order valence-corrected chi connectivity index (χ0v) is 9.58. The lowest BCUT2D eigenvalue weighted by molar-refractivity contribution is -0.126. The standard InChI is InChI=1S/C12H18N2O/c1-4-10-6-5-7-11(8-10)13-9-12(15)14(2)3/h5-8,13H,4,9H2,1-3H3. The smallest absolute Gasteiger partial charge is 0.241 e. The van der Waals surface area contributed by atoms with Crippen molar-refractivity contribution in [3.63, 3.8) is 0 Å². The molecule has 3 nitrogen and oxygen atoms in total. The van der Waals surface area contributed by atoms with Gasteiger partial charge in [-0.05, 0) is 24.1 Å². The van der Waals surface area contributed by atoms with Crippen LogP contribution in [0.3, 0.4) is 0 Å². The predicted molar refractivity (Wildman–Crippen MR) is 63.0 cm³/mol. The first-order chi connectivity index (χ1) is 7.13. The highest BCUT2D eigenvalue weighted by Gasteiger charge is 2.02. The lowest BCUT2D eigenvalue weighted by Crippen LogP contribution is -2.28. The Morgan fingerprint density at radius 1 is 1.40 bits per heavy atom. The molecule has 0 fully saturated rings. The topological polar surface area (TPSA) is 32.3 Å². The maximum atomic E-state index is 11.3. The van der Waals surface area contributed by atoms with Gasteiger partial charge in [0.1, 0.15) is 0 Å². The van der Waals surface area contributed by atoms with Crippen molar-refractivity contribution < 1.29 is 4.79 Å². The summed E-state index contributed by atoms with van der Waals surface area (Å²) < 4.78 is 0. The first kappa shape index (κ1) is 11.6. The number of hydrogen-bond acceptors (Lipinski definition) is 2. The summed E-state index contributed by atoms with van der Waals surface area (Å²) in [7, 11) is 3.51. The van der Waals surface area contributed by atoms with Crippen molar-refractivity contribution in [2.75, 3.05) is 26.0 Å². The van der Waals surface area contributed by atoms with E-state index in [1.54, 1.807) is 19.0 Å². The van der Waals surface area contributed by atoms with Crippen molar-refractivity contribution >= 4 is 11.6 Å². The molecule has 1 aromatic carbocycles. The second-order valence-corrected chi connectivity index (χ2v) is 3.70. The van der Waals surface area contributed by atoms with Crippen LogP contribution in [0.2, 0.25) is 0 Å². The van der Waals surface area contributed by atoms with Gasteiger partial charge in [0.25, 0.3) is 0 Å². The van der Waals surface area contributed by atoms with E-state index >= 15 is 0 Å². The third-order valence-electron chi connectivity index (χ3n) is 2.28. The van der Waals surface area contributed by atoms with Gasteiger partial charge in [0, 0.05) is 19.8 Å². The summed E-state index contributed by atoms with van der Waals surface area (Å²) >= 11 is 0. The molecule has 0 aromatic heterocycles. The summed E-state index contributed by atoms with van der Waals surface area (Å²) in [6.45, 7) is 2.46. The maximum absolute atomic E-state index is 11.3. The summed E-state index contributed by atoms with van der Waals surface area (Å²) in [6.07, 6.45) is 1.01. The van der Waals surface area contributed by atoms with Crippen LogP contribution >= 0.6 is 0 Å². The third-order valence-corrected chi connectivity index (χ3v) is 2.28. The van der Waals surface area contributed by atoms with Crippen LogP contribution in [0.4, 0.5) is 5.69 Å². The molecule has 0 aliphatic rings. The molecule has 1 N–H and O–H groups in total.